The standard InChI is InChI=1S/C11H8ClNO3/c1-11(6-13,9(14)10(15)16)7-2-4-8(12)5-3-7/h2-5H,1H3,(H,15,16). The highest BCUT2D eigenvalue weighted by Crippen LogP contribution is 2.25. The van der Waals surface area contributed by atoms with Crippen molar-refractivity contribution >= 4 is 23.4 Å². The quantitative estimate of drug-likeness (QED) is 0.813. The number of ketones is 1. The maximum absolute atomic E-state index is 11.4. The highest BCUT2D eigenvalue weighted by molar-refractivity contribution is 6.37. The number of hydrogen-bond donors (Lipinski definition) is 1. The van der Waals surface area contributed by atoms with Gasteiger partial charge in [0, 0.05) is 5.02 Å². The van der Waals surface area contributed by atoms with Gasteiger partial charge >= 0.3 is 5.97 Å². The van der Waals surface area contributed by atoms with Gasteiger partial charge in [0.25, 0.3) is 5.78 Å². The molecule has 1 rings (SSSR count). The third-order valence-corrected chi connectivity index (χ3v) is 2.55. The minimum absolute atomic E-state index is 0.312. The van der Waals surface area contributed by atoms with E-state index >= 15 is 0 Å². The highest BCUT2D eigenvalue weighted by Gasteiger charge is 2.39. The maximum atomic E-state index is 11.4. The van der Waals surface area contributed by atoms with Gasteiger partial charge in [-0.05, 0) is 24.6 Å². The summed E-state index contributed by atoms with van der Waals surface area (Å²) in [5, 5.41) is 18.0. The number of carboxylic acid groups (broad SMARTS) is 1. The number of carbonyl (C=O) groups excluding carboxylic acids is 1. The van der Waals surface area contributed by atoms with Crippen LogP contribution in [0, 0.1) is 11.3 Å². The molecule has 0 aliphatic rings. The molecule has 0 fully saturated rings. The third kappa shape index (κ3) is 2.05. The molecule has 0 aliphatic heterocycles. The number of nitriles is 1. The van der Waals surface area contributed by atoms with Crippen molar-refractivity contribution < 1.29 is 14.7 Å². The molecule has 0 amide bonds. The first-order chi connectivity index (χ1) is 7.41. The van der Waals surface area contributed by atoms with Crippen molar-refractivity contribution in [3.05, 3.63) is 34.9 Å². The summed E-state index contributed by atoms with van der Waals surface area (Å²) in [4.78, 5) is 22.0. The van der Waals surface area contributed by atoms with E-state index in [-0.39, 0.29) is 0 Å². The number of benzene rings is 1. The van der Waals surface area contributed by atoms with Crippen LogP contribution in [0.1, 0.15) is 12.5 Å². The van der Waals surface area contributed by atoms with Gasteiger partial charge in [0.15, 0.2) is 0 Å². The molecular weight excluding hydrogens is 230 g/mol. The Morgan fingerprint density at radius 2 is 1.88 bits per heavy atom. The van der Waals surface area contributed by atoms with Crippen LogP contribution in [-0.2, 0) is 15.0 Å². The number of nitrogens with zero attached hydrogens (tertiary/aromatic N) is 1. The predicted molar refractivity (Wildman–Crippen MR) is 57.1 cm³/mol. The largest absolute Gasteiger partial charge is 0.475 e. The molecule has 1 aromatic carbocycles. The van der Waals surface area contributed by atoms with Crippen molar-refractivity contribution in [2.45, 2.75) is 12.3 Å². The summed E-state index contributed by atoms with van der Waals surface area (Å²) in [6, 6.07) is 7.65. The second-order valence-electron chi connectivity index (χ2n) is 3.38. The molecule has 0 aliphatic carbocycles. The van der Waals surface area contributed by atoms with E-state index in [1.54, 1.807) is 6.07 Å². The van der Waals surface area contributed by atoms with Crippen LogP contribution in [0.2, 0.25) is 5.02 Å². The van der Waals surface area contributed by atoms with Crippen LogP contribution in [0.5, 0.6) is 0 Å². The monoisotopic (exact) mass is 237 g/mol. The second kappa shape index (κ2) is 4.33. The minimum atomic E-state index is -1.68. The maximum Gasteiger partial charge on any atom is 0.374 e. The van der Waals surface area contributed by atoms with Gasteiger partial charge in [0.2, 0.25) is 0 Å². The lowest BCUT2D eigenvalue weighted by molar-refractivity contribution is -0.150. The molecule has 0 aromatic heterocycles. The molecule has 1 atom stereocenters. The van der Waals surface area contributed by atoms with Crippen LogP contribution in [0.25, 0.3) is 0 Å². The lowest BCUT2D eigenvalue weighted by Crippen LogP contribution is -2.36. The number of rotatable bonds is 3. The van der Waals surface area contributed by atoms with Crippen LogP contribution in [0.15, 0.2) is 24.3 Å². The Bertz CT molecular complexity index is 475. The summed E-state index contributed by atoms with van der Waals surface area (Å²) in [7, 11) is 0. The van der Waals surface area contributed by atoms with Crippen LogP contribution >= 0.6 is 11.6 Å². The average Bonchev–Trinajstić information content (AvgIpc) is 2.27. The fourth-order valence-electron chi connectivity index (χ4n) is 1.24. The molecule has 0 bridgehead atoms. The van der Waals surface area contributed by atoms with Crippen molar-refractivity contribution in [1.29, 1.82) is 5.26 Å². The third-order valence-electron chi connectivity index (χ3n) is 2.29. The fraction of sp³-hybridized carbons (Fsp3) is 0.182. The topological polar surface area (TPSA) is 78.2 Å². The number of Topliss-reactive ketones (excluding diaryl/α,β-unsaturated/α-hetero) is 1. The van der Waals surface area contributed by atoms with Crippen LogP contribution in [-0.4, -0.2) is 16.9 Å². The molecule has 0 saturated heterocycles. The van der Waals surface area contributed by atoms with Crippen molar-refractivity contribution in [1.82, 2.24) is 0 Å². The summed E-state index contributed by atoms with van der Waals surface area (Å²) in [6.45, 7) is 1.27. The zero-order chi connectivity index (χ0) is 12.3. The summed E-state index contributed by atoms with van der Waals surface area (Å²) in [5.74, 6) is -2.78. The van der Waals surface area contributed by atoms with Crippen LogP contribution < -0.4 is 0 Å². The molecule has 1 aromatic rings. The summed E-state index contributed by atoms with van der Waals surface area (Å²) >= 11 is 5.66. The van der Waals surface area contributed by atoms with Gasteiger partial charge in [0.05, 0.1) is 6.07 Å². The smallest absolute Gasteiger partial charge is 0.374 e. The molecule has 82 valence electrons. The molecule has 4 nitrogen and oxygen atoms in total. The first kappa shape index (κ1) is 12.2. The van der Waals surface area contributed by atoms with E-state index in [0.29, 0.717) is 10.6 Å². The van der Waals surface area contributed by atoms with E-state index in [0.717, 1.165) is 0 Å². The highest BCUT2D eigenvalue weighted by atomic mass is 35.5. The molecular formula is C11H8ClNO3. The molecule has 5 heteroatoms. The van der Waals surface area contributed by atoms with Crippen molar-refractivity contribution in [3.8, 4) is 6.07 Å². The predicted octanol–water partition coefficient (Wildman–Crippen LogP) is 1.77. The fourth-order valence-corrected chi connectivity index (χ4v) is 1.37. The summed E-state index contributed by atoms with van der Waals surface area (Å²) in [5.41, 5.74) is -1.37. The number of halogens is 1. The SMILES string of the molecule is CC(C#N)(C(=O)C(=O)O)c1ccc(Cl)cc1. The van der Waals surface area contributed by atoms with E-state index in [4.69, 9.17) is 22.0 Å². The number of hydrogen-bond acceptors (Lipinski definition) is 3. The van der Waals surface area contributed by atoms with E-state index in [9.17, 15) is 9.59 Å². The molecule has 1 N–H and O–H groups in total. The zero-order valence-electron chi connectivity index (χ0n) is 8.40. The minimum Gasteiger partial charge on any atom is -0.475 e. The van der Waals surface area contributed by atoms with Gasteiger partial charge in [-0.1, -0.05) is 23.7 Å². The Hall–Kier alpha value is -1.86. The average molecular weight is 238 g/mol. The Morgan fingerprint density at radius 1 is 1.38 bits per heavy atom. The van der Waals surface area contributed by atoms with Crippen LogP contribution in [0.4, 0.5) is 0 Å². The van der Waals surface area contributed by atoms with E-state index in [1.807, 2.05) is 0 Å². The first-order valence-electron chi connectivity index (χ1n) is 4.37. The number of carbonyl (C=O) groups is 2. The molecule has 0 saturated carbocycles. The summed E-state index contributed by atoms with van der Waals surface area (Å²) in [6.07, 6.45) is 0. The van der Waals surface area contributed by atoms with E-state index in [2.05, 4.69) is 0 Å². The zero-order valence-corrected chi connectivity index (χ0v) is 9.15. The van der Waals surface area contributed by atoms with Gasteiger partial charge < -0.3 is 5.11 Å². The molecule has 1 unspecified atom stereocenters. The summed E-state index contributed by atoms with van der Waals surface area (Å²) < 4.78 is 0. The van der Waals surface area contributed by atoms with Gasteiger partial charge in [-0.3, -0.25) is 4.79 Å². The second-order valence-corrected chi connectivity index (χ2v) is 3.81. The molecule has 16 heavy (non-hydrogen) atoms. The van der Waals surface area contributed by atoms with Gasteiger partial charge in [0.1, 0.15) is 5.41 Å². The first-order valence-corrected chi connectivity index (χ1v) is 4.74. The molecule has 0 radical (unpaired) electrons. The molecule has 0 spiro atoms. The van der Waals surface area contributed by atoms with Crippen molar-refractivity contribution in [2.24, 2.45) is 0 Å². The Labute approximate surface area is 97.1 Å². The number of carboxylic acids is 1. The Morgan fingerprint density at radius 3 is 2.25 bits per heavy atom. The number of aliphatic carboxylic acids is 1. The Kier molecular flexibility index (Phi) is 3.31. The lowest BCUT2D eigenvalue weighted by atomic mass is 9.80. The molecule has 0 heterocycles. The van der Waals surface area contributed by atoms with Crippen LogP contribution in [0.3, 0.4) is 0 Å². The van der Waals surface area contributed by atoms with E-state index < -0.39 is 17.2 Å². The Balaban J connectivity index is 3.26. The normalized spacial score (nSPS) is 13.6. The van der Waals surface area contributed by atoms with Crippen molar-refractivity contribution in [3.63, 3.8) is 0 Å². The van der Waals surface area contributed by atoms with Gasteiger partial charge in [-0.15, -0.1) is 0 Å². The van der Waals surface area contributed by atoms with E-state index in [1.165, 1.54) is 31.2 Å². The van der Waals surface area contributed by atoms with Gasteiger partial charge in [-0.25, -0.2) is 4.79 Å². The van der Waals surface area contributed by atoms with Crippen molar-refractivity contribution in [2.75, 3.05) is 0 Å². The lowest BCUT2D eigenvalue weighted by Gasteiger charge is -2.17. The van der Waals surface area contributed by atoms with Gasteiger partial charge in [-0.2, -0.15) is 5.26 Å².